The predicted octanol–water partition coefficient (Wildman–Crippen LogP) is 16.4. The number of halogens is 1. The van der Waals surface area contributed by atoms with E-state index < -0.39 is 29.8 Å². The lowest BCUT2D eigenvalue weighted by Crippen LogP contribution is -2.11. The van der Waals surface area contributed by atoms with Gasteiger partial charge in [0.25, 0.3) is 0 Å². The number of hydrogen-bond donors (Lipinski definition) is 0. The molecule has 0 radical (unpaired) electrons. The van der Waals surface area contributed by atoms with E-state index in [4.69, 9.17) is 40.0 Å². The molecular formula is C62H69ClO11. The van der Waals surface area contributed by atoms with E-state index in [9.17, 15) is 24.0 Å². The number of rotatable bonds is 31. The van der Waals surface area contributed by atoms with Crippen LogP contribution in [0, 0.1) is 0 Å². The monoisotopic (exact) mass is 1020 g/mol. The molecule has 6 rings (SSSR count). The summed E-state index contributed by atoms with van der Waals surface area (Å²) in [6.07, 6.45) is 23.1. The van der Waals surface area contributed by atoms with E-state index in [0.29, 0.717) is 40.9 Å². The zero-order valence-electron chi connectivity index (χ0n) is 42.8. The second-order valence-electron chi connectivity index (χ2n) is 18.5. The molecule has 0 bridgehead atoms. The highest BCUT2D eigenvalue weighted by atomic mass is 35.5. The molecule has 0 aliphatic carbocycles. The Kier molecular flexibility index (Phi) is 23.5. The van der Waals surface area contributed by atoms with Crippen LogP contribution in [0.25, 0.3) is 10.8 Å². The second-order valence-corrected chi connectivity index (χ2v) is 18.8. The average Bonchev–Trinajstić information content (AvgIpc) is 3.42. The first kappa shape index (κ1) is 56.3. The van der Waals surface area contributed by atoms with Crippen molar-refractivity contribution in [3.8, 4) is 28.7 Å². The number of benzene rings is 6. The maximum atomic E-state index is 13.3. The van der Waals surface area contributed by atoms with Gasteiger partial charge in [0.2, 0.25) is 0 Å². The van der Waals surface area contributed by atoms with E-state index in [2.05, 4.69) is 13.8 Å². The largest absolute Gasteiger partial charge is 0.494 e. The summed E-state index contributed by atoms with van der Waals surface area (Å²) >= 11 is 6.75. The Balaban J connectivity index is 0.917. The lowest BCUT2D eigenvalue weighted by atomic mass is 10.1. The fourth-order valence-corrected chi connectivity index (χ4v) is 8.50. The molecule has 0 aliphatic rings. The van der Waals surface area contributed by atoms with Gasteiger partial charge in [0, 0.05) is 5.39 Å². The van der Waals surface area contributed by atoms with Crippen LogP contribution in [-0.2, 0) is 4.74 Å². The van der Waals surface area contributed by atoms with Crippen LogP contribution in [0.4, 0.5) is 0 Å². The van der Waals surface area contributed by atoms with Crippen LogP contribution < -0.4 is 23.7 Å². The molecule has 0 atom stereocenters. The summed E-state index contributed by atoms with van der Waals surface area (Å²) in [4.78, 5) is 64.8. The van der Waals surface area contributed by atoms with Crippen molar-refractivity contribution in [1.82, 2.24) is 0 Å². The van der Waals surface area contributed by atoms with Gasteiger partial charge in [-0.15, -0.1) is 0 Å². The molecule has 0 N–H and O–H groups in total. The van der Waals surface area contributed by atoms with E-state index in [0.717, 1.165) is 32.1 Å². The predicted molar refractivity (Wildman–Crippen MR) is 289 cm³/mol. The van der Waals surface area contributed by atoms with E-state index in [-0.39, 0.29) is 44.7 Å². The summed E-state index contributed by atoms with van der Waals surface area (Å²) < 4.78 is 33.6. The van der Waals surface area contributed by atoms with Gasteiger partial charge in [0.05, 0.1) is 46.1 Å². The van der Waals surface area contributed by atoms with Crippen molar-refractivity contribution < 1.29 is 52.4 Å². The van der Waals surface area contributed by atoms with Crippen molar-refractivity contribution >= 4 is 52.2 Å². The maximum Gasteiger partial charge on any atom is 0.343 e. The summed E-state index contributed by atoms with van der Waals surface area (Å²) in [6, 6.07) is 32.9. The minimum Gasteiger partial charge on any atom is -0.494 e. The van der Waals surface area contributed by atoms with Crippen molar-refractivity contribution in [2.45, 2.75) is 136 Å². The highest BCUT2D eigenvalue weighted by Crippen LogP contribution is 2.34. The standard InChI is InChI=1S/C62H69ClO11/c1-3-5-7-9-11-13-15-16-18-20-42-69-51-33-24-47(25-34-51)59(65)72-53-39-30-49(31-40-53)61(67)74-56-41-32-45-22-23-50(44-55(45)57(56)63)62(68)73-54-37-28-48(29-38-54)60(66)71-52-35-26-46(27-36-52)58(64)70-43-21-19-17-14-12-10-8-6-4-2/h22-41,44H,3-21,42-43H2,1-2H3. The van der Waals surface area contributed by atoms with Gasteiger partial charge in [0.15, 0.2) is 0 Å². The van der Waals surface area contributed by atoms with Crippen molar-refractivity contribution in [3.05, 3.63) is 160 Å². The third-order valence-corrected chi connectivity index (χ3v) is 13.0. The maximum absolute atomic E-state index is 13.3. The fourth-order valence-electron chi connectivity index (χ4n) is 8.23. The van der Waals surface area contributed by atoms with Crippen LogP contribution >= 0.6 is 11.6 Å². The lowest BCUT2D eigenvalue weighted by molar-refractivity contribution is 0.0496. The van der Waals surface area contributed by atoms with Gasteiger partial charge >= 0.3 is 29.8 Å². The van der Waals surface area contributed by atoms with Gasteiger partial charge in [-0.1, -0.05) is 147 Å². The minimum atomic E-state index is -0.699. The number of carbonyl (C=O) groups excluding carboxylic acids is 5. The van der Waals surface area contributed by atoms with Gasteiger partial charge in [-0.05, 0) is 133 Å². The minimum absolute atomic E-state index is 0.0709. The highest BCUT2D eigenvalue weighted by molar-refractivity contribution is 6.37. The summed E-state index contributed by atoms with van der Waals surface area (Å²) in [7, 11) is 0. The molecule has 0 heterocycles. The van der Waals surface area contributed by atoms with Crippen LogP contribution in [0.2, 0.25) is 5.02 Å². The third-order valence-electron chi connectivity index (χ3n) is 12.6. The molecule has 12 heteroatoms. The molecule has 0 saturated carbocycles. The number of ether oxygens (including phenoxy) is 6. The molecule has 390 valence electrons. The van der Waals surface area contributed by atoms with Gasteiger partial charge in [-0.25, -0.2) is 24.0 Å². The van der Waals surface area contributed by atoms with Crippen LogP contribution in [-0.4, -0.2) is 43.1 Å². The average molecular weight is 1030 g/mol. The van der Waals surface area contributed by atoms with Crippen molar-refractivity contribution in [2.75, 3.05) is 13.2 Å². The smallest absolute Gasteiger partial charge is 0.343 e. The molecule has 0 unspecified atom stereocenters. The van der Waals surface area contributed by atoms with Gasteiger partial charge < -0.3 is 28.4 Å². The Morgan fingerprint density at radius 3 is 1.14 bits per heavy atom. The molecule has 11 nitrogen and oxygen atoms in total. The normalized spacial score (nSPS) is 11.0. The van der Waals surface area contributed by atoms with E-state index in [1.807, 2.05) is 0 Å². The second kappa shape index (κ2) is 30.9. The Bertz CT molecular complexity index is 2710. The summed E-state index contributed by atoms with van der Waals surface area (Å²) in [6.45, 7) is 5.45. The van der Waals surface area contributed by atoms with Crippen LogP contribution in [0.5, 0.6) is 28.7 Å². The first-order valence-electron chi connectivity index (χ1n) is 26.4. The van der Waals surface area contributed by atoms with Gasteiger partial charge in [-0.2, -0.15) is 0 Å². The molecule has 0 amide bonds. The molecular weight excluding hydrogens is 956 g/mol. The molecule has 0 aromatic heterocycles. The quantitative estimate of drug-likeness (QED) is 0.0233. The van der Waals surface area contributed by atoms with Crippen molar-refractivity contribution in [2.24, 2.45) is 0 Å². The Hall–Kier alpha value is -6.98. The molecule has 74 heavy (non-hydrogen) atoms. The van der Waals surface area contributed by atoms with Crippen LogP contribution in [0.1, 0.15) is 188 Å². The summed E-state index contributed by atoms with van der Waals surface area (Å²) in [5.74, 6) is -1.56. The number of carbonyl (C=O) groups is 5. The number of esters is 5. The van der Waals surface area contributed by atoms with Crippen molar-refractivity contribution in [3.63, 3.8) is 0 Å². The first-order valence-corrected chi connectivity index (χ1v) is 26.8. The summed E-state index contributed by atoms with van der Waals surface area (Å²) in [5.41, 5.74) is 1.30. The van der Waals surface area contributed by atoms with Gasteiger partial charge in [0.1, 0.15) is 28.7 Å². The van der Waals surface area contributed by atoms with E-state index in [1.165, 1.54) is 157 Å². The Labute approximate surface area is 440 Å². The fraction of sp³-hybridized carbons (Fsp3) is 0.371. The summed E-state index contributed by atoms with van der Waals surface area (Å²) in [5, 5.41) is 1.23. The number of fused-ring (bicyclic) bond motifs is 1. The van der Waals surface area contributed by atoms with E-state index >= 15 is 0 Å². The van der Waals surface area contributed by atoms with Crippen LogP contribution in [0.15, 0.2) is 127 Å². The Morgan fingerprint density at radius 1 is 0.351 bits per heavy atom. The molecule has 0 fully saturated rings. The number of hydrogen-bond acceptors (Lipinski definition) is 11. The molecule has 0 spiro atoms. The van der Waals surface area contributed by atoms with E-state index in [1.54, 1.807) is 60.7 Å². The number of unbranched alkanes of at least 4 members (excludes halogenated alkanes) is 17. The third kappa shape index (κ3) is 18.5. The first-order chi connectivity index (χ1) is 36.1. The van der Waals surface area contributed by atoms with Crippen LogP contribution in [0.3, 0.4) is 0 Å². The molecule has 0 saturated heterocycles. The highest BCUT2D eigenvalue weighted by Gasteiger charge is 2.18. The molecule has 6 aromatic rings. The van der Waals surface area contributed by atoms with Crippen molar-refractivity contribution in [1.29, 1.82) is 0 Å². The topological polar surface area (TPSA) is 141 Å². The zero-order chi connectivity index (χ0) is 52.3. The van der Waals surface area contributed by atoms with Gasteiger partial charge in [-0.3, -0.25) is 0 Å². The molecule has 6 aromatic carbocycles. The Morgan fingerprint density at radius 2 is 0.689 bits per heavy atom. The lowest BCUT2D eigenvalue weighted by Gasteiger charge is -2.11. The zero-order valence-corrected chi connectivity index (χ0v) is 43.6. The SMILES string of the molecule is CCCCCCCCCCCCOc1ccc(C(=O)Oc2ccc(C(=O)Oc3ccc4ccc(C(=O)Oc5ccc(C(=O)Oc6ccc(C(=O)OCCCCCCCCCCC)cc6)cc5)cc4c3Cl)cc2)cc1. The molecule has 0 aliphatic heterocycles.